The zero-order valence-electron chi connectivity index (χ0n) is 13.9. The van der Waals surface area contributed by atoms with Crippen LogP contribution in [-0.4, -0.2) is 16.6 Å². The number of benzene rings is 2. The van der Waals surface area contributed by atoms with E-state index >= 15 is 0 Å². The molecule has 0 unspecified atom stereocenters. The smallest absolute Gasteiger partial charge is 0.325 e. The average molecular weight is 384 g/mol. The van der Waals surface area contributed by atoms with Gasteiger partial charge in [-0.1, -0.05) is 6.07 Å². The third-order valence-electron chi connectivity index (χ3n) is 3.63. The molecule has 1 amide bonds. The molecule has 0 heterocycles. The van der Waals surface area contributed by atoms with E-state index < -0.39 is 28.3 Å². The first kappa shape index (κ1) is 19.8. The topological polar surface area (TPSA) is 72.2 Å². The van der Waals surface area contributed by atoms with Gasteiger partial charge >= 0.3 is 6.18 Å². The maximum Gasteiger partial charge on any atom is 0.416 e. The summed E-state index contributed by atoms with van der Waals surface area (Å²) in [7, 11) is 0. The normalized spacial score (nSPS) is 11.3. The van der Waals surface area contributed by atoms with Gasteiger partial charge in [0, 0.05) is 11.8 Å². The van der Waals surface area contributed by atoms with Crippen molar-refractivity contribution in [3.63, 3.8) is 0 Å². The molecular formula is C17H15F3N2O3S. The quantitative estimate of drug-likeness (QED) is 0.449. The van der Waals surface area contributed by atoms with Crippen LogP contribution in [0.2, 0.25) is 0 Å². The lowest BCUT2D eigenvalue weighted by atomic mass is 10.1. The van der Waals surface area contributed by atoms with Crippen molar-refractivity contribution in [3.8, 4) is 0 Å². The second-order valence-electron chi connectivity index (χ2n) is 5.57. The number of nitrogens with zero attached hydrogens (tertiary/aromatic N) is 1. The largest absolute Gasteiger partial charge is 0.416 e. The van der Waals surface area contributed by atoms with E-state index in [0.717, 1.165) is 35.0 Å². The third kappa shape index (κ3) is 4.98. The Balaban J connectivity index is 2.09. The van der Waals surface area contributed by atoms with Gasteiger partial charge in [-0.15, -0.1) is 11.8 Å². The minimum atomic E-state index is -4.67. The Labute approximate surface area is 151 Å². The van der Waals surface area contributed by atoms with Gasteiger partial charge in [-0.05, 0) is 49.2 Å². The maximum atomic E-state index is 12.7. The lowest BCUT2D eigenvalue weighted by Gasteiger charge is -2.09. The van der Waals surface area contributed by atoms with Gasteiger partial charge in [-0.25, -0.2) is 0 Å². The molecule has 0 atom stereocenters. The van der Waals surface area contributed by atoms with Gasteiger partial charge in [0.2, 0.25) is 5.91 Å². The van der Waals surface area contributed by atoms with Crippen molar-refractivity contribution < 1.29 is 22.9 Å². The predicted octanol–water partition coefficient (Wildman–Crippen LogP) is 4.96. The van der Waals surface area contributed by atoms with Gasteiger partial charge in [-0.2, -0.15) is 13.2 Å². The molecule has 0 spiro atoms. The van der Waals surface area contributed by atoms with E-state index in [1.807, 2.05) is 19.9 Å². The molecule has 0 aromatic heterocycles. The van der Waals surface area contributed by atoms with E-state index in [1.165, 1.54) is 0 Å². The van der Waals surface area contributed by atoms with Gasteiger partial charge in [-0.3, -0.25) is 14.9 Å². The molecule has 0 radical (unpaired) electrons. The number of halogens is 3. The van der Waals surface area contributed by atoms with E-state index in [0.29, 0.717) is 11.8 Å². The van der Waals surface area contributed by atoms with Gasteiger partial charge in [0.1, 0.15) is 0 Å². The zero-order valence-corrected chi connectivity index (χ0v) is 14.7. The van der Waals surface area contributed by atoms with Crippen molar-refractivity contribution in [3.05, 3.63) is 63.2 Å². The highest BCUT2D eigenvalue weighted by Gasteiger charge is 2.33. The fourth-order valence-electron chi connectivity index (χ4n) is 2.12. The molecule has 9 heteroatoms. The molecule has 2 rings (SSSR count). The van der Waals surface area contributed by atoms with Crippen LogP contribution in [0, 0.1) is 24.0 Å². The molecule has 138 valence electrons. The predicted molar refractivity (Wildman–Crippen MR) is 93.4 cm³/mol. The second kappa shape index (κ2) is 7.77. The molecule has 26 heavy (non-hydrogen) atoms. The van der Waals surface area contributed by atoms with Gasteiger partial charge in [0.15, 0.2) is 0 Å². The number of alkyl halides is 3. The number of thioether (sulfide) groups is 1. The molecule has 0 aliphatic heterocycles. The number of hydrogen-bond acceptors (Lipinski definition) is 4. The number of amides is 1. The number of aryl methyl sites for hydroxylation is 2. The molecule has 0 aliphatic rings. The number of carbonyl (C=O) groups is 1. The van der Waals surface area contributed by atoms with Crippen LogP contribution in [0.5, 0.6) is 0 Å². The summed E-state index contributed by atoms with van der Waals surface area (Å²) in [5, 5.41) is 13.7. The first-order valence-corrected chi connectivity index (χ1v) is 8.42. The van der Waals surface area contributed by atoms with E-state index in [-0.39, 0.29) is 10.6 Å². The van der Waals surface area contributed by atoms with Crippen LogP contribution in [0.4, 0.5) is 24.5 Å². The molecular weight excluding hydrogens is 369 g/mol. The van der Waals surface area contributed by atoms with Crippen LogP contribution >= 0.6 is 11.8 Å². The summed E-state index contributed by atoms with van der Waals surface area (Å²) in [6.07, 6.45) is -4.67. The van der Waals surface area contributed by atoms with Crippen molar-refractivity contribution in [2.75, 3.05) is 11.1 Å². The second-order valence-corrected chi connectivity index (χ2v) is 6.59. The van der Waals surface area contributed by atoms with Crippen molar-refractivity contribution in [1.29, 1.82) is 0 Å². The fraction of sp³-hybridized carbons (Fsp3) is 0.235. The van der Waals surface area contributed by atoms with Crippen molar-refractivity contribution in [1.82, 2.24) is 0 Å². The Kier molecular flexibility index (Phi) is 5.91. The van der Waals surface area contributed by atoms with E-state index in [2.05, 4.69) is 5.32 Å². The highest BCUT2D eigenvalue weighted by molar-refractivity contribution is 8.00. The van der Waals surface area contributed by atoms with Crippen LogP contribution in [0.1, 0.15) is 16.7 Å². The number of anilines is 1. The molecule has 0 fully saturated rings. The number of nitro benzene ring substituents is 1. The molecule has 0 saturated carbocycles. The molecule has 2 aromatic rings. The Morgan fingerprint density at radius 2 is 1.85 bits per heavy atom. The van der Waals surface area contributed by atoms with Crippen molar-refractivity contribution in [2.24, 2.45) is 0 Å². The third-order valence-corrected chi connectivity index (χ3v) is 4.70. The van der Waals surface area contributed by atoms with Crippen LogP contribution in [0.3, 0.4) is 0 Å². The number of rotatable bonds is 5. The van der Waals surface area contributed by atoms with Crippen LogP contribution in [0.15, 0.2) is 41.3 Å². The molecule has 0 saturated heterocycles. The van der Waals surface area contributed by atoms with Crippen LogP contribution < -0.4 is 5.32 Å². The summed E-state index contributed by atoms with van der Waals surface area (Å²) in [5.74, 6) is -0.577. The molecule has 2 aromatic carbocycles. The highest BCUT2D eigenvalue weighted by atomic mass is 32.2. The minimum absolute atomic E-state index is 0.00163. The molecule has 5 nitrogen and oxygen atoms in total. The number of nitro groups is 1. The monoisotopic (exact) mass is 384 g/mol. The minimum Gasteiger partial charge on any atom is -0.325 e. The SMILES string of the molecule is Cc1ccc(NC(=O)CSc2ccc(C(F)(F)F)cc2[N+](=O)[O-])cc1C. The van der Waals surface area contributed by atoms with Gasteiger partial charge in [0.05, 0.1) is 21.1 Å². The lowest BCUT2D eigenvalue weighted by molar-refractivity contribution is -0.388. The van der Waals surface area contributed by atoms with Crippen LogP contribution in [0.25, 0.3) is 0 Å². The number of hydrogen-bond donors (Lipinski definition) is 1. The average Bonchev–Trinajstić information content (AvgIpc) is 2.55. The van der Waals surface area contributed by atoms with E-state index in [9.17, 15) is 28.1 Å². The van der Waals surface area contributed by atoms with Crippen LogP contribution in [-0.2, 0) is 11.0 Å². The van der Waals surface area contributed by atoms with Gasteiger partial charge in [0.25, 0.3) is 5.69 Å². The molecule has 0 bridgehead atoms. The van der Waals surface area contributed by atoms with Crippen molar-refractivity contribution >= 4 is 29.0 Å². The standard InChI is InChI=1S/C17H15F3N2O3S/c1-10-3-5-13(7-11(10)2)21-16(23)9-26-15-6-4-12(17(18,19)20)8-14(15)22(24)25/h3-8H,9H2,1-2H3,(H,21,23). The summed E-state index contributed by atoms with van der Waals surface area (Å²) < 4.78 is 38.1. The first-order valence-electron chi connectivity index (χ1n) is 7.43. The van der Waals surface area contributed by atoms with Crippen molar-refractivity contribution in [2.45, 2.75) is 24.9 Å². The van der Waals surface area contributed by atoms with Gasteiger partial charge < -0.3 is 5.32 Å². The maximum absolute atomic E-state index is 12.7. The number of nitrogens with one attached hydrogen (secondary N) is 1. The summed E-state index contributed by atoms with van der Waals surface area (Å²) in [6.45, 7) is 3.83. The molecule has 1 N–H and O–H groups in total. The Bertz CT molecular complexity index is 854. The summed E-state index contributed by atoms with van der Waals surface area (Å²) in [4.78, 5) is 22.1. The van der Waals surface area contributed by atoms with E-state index in [1.54, 1.807) is 12.1 Å². The Morgan fingerprint density at radius 1 is 1.15 bits per heavy atom. The summed E-state index contributed by atoms with van der Waals surface area (Å²) in [5.41, 5.74) is 0.865. The summed E-state index contributed by atoms with van der Waals surface area (Å²) in [6, 6.07) is 7.61. The zero-order chi connectivity index (χ0) is 19.5. The lowest BCUT2D eigenvalue weighted by Crippen LogP contribution is -2.14. The fourth-order valence-corrected chi connectivity index (χ4v) is 2.92. The highest BCUT2D eigenvalue weighted by Crippen LogP contribution is 2.36. The van der Waals surface area contributed by atoms with E-state index in [4.69, 9.17) is 0 Å². The molecule has 0 aliphatic carbocycles. The Morgan fingerprint density at radius 3 is 2.42 bits per heavy atom. The Hall–Kier alpha value is -2.55. The summed E-state index contributed by atoms with van der Waals surface area (Å²) >= 11 is 0.808. The number of carbonyl (C=O) groups excluding carboxylic acids is 1. The first-order chi connectivity index (χ1) is 12.1.